The Balaban J connectivity index is 1.26. The number of nitrogens with zero attached hydrogens (tertiary/aromatic N) is 3. The van der Waals surface area contributed by atoms with Crippen molar-refractivity contribution in [1.82, 2.24) is 25.5 Å². The van der Waals surface area contributed by atoms with Gasteiger partial charge in [-0.2, -0.15) is 5.10 Å². The van der Waals surface area contributed by atoms with Crippen molar-refractivity contribution in [3.05, 3.63) is 48.5 Å². The molecule has 0 aliphatic heterocycles. The third-order valence-corrected chi connectivity index (χ3v) is 7.54. The Hall–Kier alpha value is -3.26. The average Bonchev–Trinajstić information content (AvgIpc) is 3.30. The van der Waals surface area contributed by atoms with E-state index in [1.807, 2.05) is 30.5 Å². The Morgan fingerprint density at radius 1 is 1.12 bits per heavy atom. The van der Waals surface area contributed by atoms with Gasteiger partial charge in [0.25, 0.3) is 5.91 Å². The van der Waals surface area contributed by atoms with E-state index in [9.17, 15) is 9.90 Å². The van der Waals surface area contributed by atoms with Crippen LogP contribution in [0.4, 0.5) is 5.82 Å². The van der Waals surface area contributed by atoms with E-state index in [1.165, 1.54) is 0 Å². The van der Waals surface area contributed by atoms with E-state index in [2.05, 4.69) is 25.5 Å². The first kappa shape index (κ1) is 19.4. The van der Waals surface area contributed by atoms with Gasteiger partial charge >= 0.3 is 0 Å². The molecule has 4 fully saturated rings. The molecule has 8 nitrogen and oxygen atoms in total. The number of hydrogen-bond donors (Lipinski definition) is 4. The molecule has 4 aliphatic rings. The summed E-state index contributed by atoms with van der Waals surface area (Å²) in [7, 11) is 0. The van der Waals surface area contributed by atoms with Gasteiger partial charge in [-0.1, -0.05) is 18.2 Å². The summed E-state index contributed by atoms with van der Waals surface area (Å²) in [5.41, 5.74) is 9.09. The highest BCUT2D eigenvalue weighted by atomic mass is 16.3. The lowest BCUT2D eigenvalue weighted by molar-refractivity contribution is -0.136. The second kappa shape index (κ2) is 7.13. The lowest BCUT2D eigenvalue weighted by Gasteiger charge is -2.58. The molecule has 32 heavy (non-hydrogen) atoms. The van der Waals surface area contributed by atoms with Crippen molar-refractivity contribution >= 4 is 11.7 Å². The highest BCUT2D eigenvalue weighted by Crippen LogP contribution is 2.55. The van der Waals surface area contributed by atoms with Gasteiger partial charge in [-0.25, -0.2) is 9.97 Å². The largest absolute Gasteiger partial charge is 0.390 e. The molecule has 7 rings (SSSR count). The quantitative estimate of drug-likeness (QED) is 0.504. The van der Waals surface area contributed by atoms with Crippen LogP contribution in [-0.4, -0.2) is 42.8 Å². The molecule has 0 spiro atoms. The smallest absolute Gasteiger partial charge is 0.273 e. The molecule has 0 radical (unpaired) electrons. The van der Waals surface area contributed by atoms with Gasteiger partial charge in [0.1, 0.15) is 0 Å². The number of anilines is 1. The summed E-state index contributed by atoms with van der Waals surface area (Å²) in [6.45, 7) is 0. The molecule has 4 aliphatic carbocycles. The molecule has 2 heterocycles. The molecule has 0 saturated heterocycles. The van der Waals surface area contributed by atoms with E-state index < -0.39 is 5.60 Å². The Bertz CT molecular complexity index is 1160. The Morgan fingerprint density at radius 3 is 2.62 bits per heavy atom. The zero-order chi connectivity index (χ0) is 21.9. The van der Waals surface area contributed by atoms with E-state index in [4.69, 9.17) is 5.73 Å². The number of amides is 1. The lowest BCUT2D eigenvalue weighted by Crippen LogP contribution is -2.61. The van der Waals surface area contributed by atoms with Crippen molar-refractivity contribution in [2.75, 3.05) is 5.73 Å². The number of rotatable bonds is 4. The summed E-state index contributed by atoms with van der Waals surface area (Å²) < 4.78 is 0. The molecule has 5 N–H and O–H groups in total. The summed E-state index contributed by atoms with van der Waals surface area (Å²) in [6.07, 6.45) is 9.79. The highest BCUT2D eigenvalue weighted by Gasteiger charge is 2.55. The fourth-order valence-electron chi connectivity index (χ4n) is 6.41. The number of aliphatic hydroxyl groups is 1. The van der Waals surface area contributed by atoms with Crippen molar-refractivity contribution in [3.63, 3.8) is 0 Å². The van der Waals surface area contributed by atoms with Crippen molar-refractivity contribution in [2.45, 2.75) is 43.7 Å². The first-order chi connectivity index (χ1) is 15.5. The van der Waals surface area contributed by atoms with Crippen LogP contribution in [0.5, 0.6) is 0 Å². The first-order valence-electron chi connectivity index (χ1n) is 11.2. The third kappa shape index (κ3) is 3.26. The van der Waals surface area contributed by atoms with E-state index in [1.54, 1.807) is 12.4 Å². The van der Waals surface area contributed by atoms with Gasteiger partial charge in [-0.05, 0) is 61.5 Å². The molecule has 3 aromatic rings. The molecular weight excluding hydrogens is 404 g/mol. The zero-order valence-electron chi connectivity index (χ0n) is 17.7. The van der Waals surface area contributed by atoms with Crippen LogP contribution in [0.3, 0.4) is 0 Å². The Labute approximate surface area is 185 Å². The normalized spacial score (nSPS) is 30.4. The molecular formula is C24H26N6O2. The van der Waals surface area contributed by atoms with E-state index >= 15 is 0 Å². The summed E-state index contributed by atoms with van der Waals surface area (Å²) in [5.74, 6) is 1.06. The number of carbonyl (C=O) groups excluding carboxylic acids is 1. The topological polar surface area (TPSA) is 130 Å². The molecule has 1 aromatic carbocycles. The van der Waals surface area contributed by atoms with Crippen LogP contribution in [-0.2, 0) is 0 Å². The monoisotopic (exact) mass is 430 g/mol. The van der Waals surface area contributed by atoms with Crippen molar-refractivity contribution in [3.8, 4) is 22.4 Å². The summed E-state index contributed by atoms with van der Waals surface area (Å²) in [4.78, 5) is 22.1. The van der Waals surface area contributed by atoms with E-state index in [0.29, 0.717) is 23.4 Å². The Kier molecular flexibility index (Phi) is 4.33. The zero-order valence-corrected chi connectivity index (χ0v) is 17.7. The summed E-state index contributed by atoms with van der Waals surface area (Å²) in [5, 5.41) is 20.8. The fraction of sp³-hybridized carbons (Fsp3) is 0.417. The van der Waals surface area contributed by atoms with Gasteiger partial charge in [-0.15, -0.1) is 0 Å². The highest BCUT2D eigenvalue weighted by molar-refractivity contribution is 5.97. The van der Waals surface area contributed by atoms with Gasteiger partial charge in [0.2, 0.25) is 0 Å². The van der Waals surface area contributed by atoms with E-state index in [0.717, 1.165) is 48.8 Å². The lowest BCUT2D eigenvalue weighted by atomic mass is 9.52. The maximum absolute atomic E-state index is 13.2. The molecule has 8 heteroatoms. The van der Waals surface area contributed by atoms with Gasteiger partial charge in [-0.3, -0.25) is 9.89 Å². The van der Waals surface area contributed by atoms with Crippen LogP contribution in [0.25, 0.3) is 22.4 Å². The first-order valence-corrected chi connectivity index (χ1v) is 11.2. The summed E-state index contributed by atoms with van der Waals surface area (Å²) in [6, 6.07) is 7.92. The number of nitrogens with two attached hydrogens (primary N) is 1. The average molecular weight is 431 g/mol. The minimum absolute atomic E-state index is 0.0635. The maximum atomic E-state index is 13.2. The number of aromatic nitrogens is 4. The molecule has 3 unspecified atom stereocenters. The predicted molar refractivity (Wildman–Crippen MR) is 119 cm³/mol. The number of nitrogens with one attached hydrogen (secondary N) is 2. The van der Waals surface area contributed by atoms with Gasteiger partial charge in [0.05, 0.1) is 23.7 Å². The molecule has 5 atom stereocenters. The van der Waals surface area contributed by atoms with Crippen LogP contribution in [0.1, 0.15) is 42.6 Å². The second-order valence-electron chi connectivity index (χ2n) is 9.75. The SMILES string of the molecule is Nc1ncc(-c2cccc(-c3cn[nH]c3)c2)nc1C(=O)NC1[C@@H]2CC3C[C@H]1CC(O)(C3)C2. The molecule has 4 bridgehead atoms. The van der Waals surface area contributed by atoms with Crippen molar-refractivity contribution in [2.24, 2.45) is 17.8 Å². The number of nitrogen functional groups attached to an aromatic ring is 1. The number of carbonyl (C=O) groups is 1. The predicted octanol–water partition coefficient (Wildman–Crippen LogP) is 2.79. The van der Waals surface area contributed by atoms with Gasteiger partial charge < -0.3 is 16.2 Å². The molecule has 2 aromatic heterocycles. The van der Waals surface area contributed by atoms with Crippen LogP contribution in [0.2, 0.25) is 0 Å². The fourth-order valence-corrected chi connectivity index (χ4v) is 6.41. The number of H-pyrrole nitrogens is 1. The van der Waals surface area contributed by atoms with Gasteiger partial charge in [0.15, 0.2) is 11.5 Å². The molecule has 164 valence electrons. The molecule has 4 saturated carbocycles. The summed E-state index contributed by atoms with van der Waals surface area (Å²) >= 11 is 0. The number of hydrogen-bond acceptors (Lipinski definition) is 6. The van der Waals surface area contributed by atoms with Crippen molar-refractivity contribution in [1.29, 1.82) is 0 Å². The van der Waals surface area contributed by atoms with Crippen LogP contribution >= 0.6 is 0 Å². The number of benzene rings is 1. The van der Waals surface area contributed by atoms with Crippen LogP contribution in [0.15, 0.2) is 42.9 Å². The Morgan fingerprint density at radius 2 is 1.91 bits per heavy atom. The minimum Gasteiger partial charge on any atom is -0.390 e. The van der Waals surface area contributed by atoms with Crippen LogP contribution in [0, 0.1) is 17.8 Å². The van der Waals surface area contributed by atoms with Crippen LogP contribution < -0.4 is 11.1 Å². The molecule has 1 amide bonds. The number of aromatic amines is 1. The van der Waals surface area contributed by atoms with Crippen molar-refractivity contribution < 1.29 is 9.90 Å². The standard InChI is InChI=1S/C24H26N6O2/c25-22-21(23(31)30-20-16-4-13-5-17(20)9-24(32,7-13)8-16)29-19(12-26-22)15-3-1-2-14(6-15)18-10-27-28-11-18/h1-3,6,10-13,16-17,20,32H,4-5,7-9H2,(H2,25,26)(H,27,28)(H,30,31)/t13?,16-,17+,20?,24?. The maximum Gasteiger partial charge on any atom is 0.273 e. The third-order valence-electron chi connectivity index (χ3n) is 7.54. The minimum atomic E-state index is -0.531. The van der Waals surface area contributed by atoms with E-state index in [-0.39, 0.29) is 23.5 Å². The second-order valence-corrected chi connectivity index (χ2v) is 9.75. The van der Waals surface area contributed by atoms with Gasteiger partial charge in [0, 0.05) is 23.4 Å².